The lowest BCUT2D eigenvalue weighted by Gasteiger charge is -2.08. The SMILES string of the molecule is Cc1nn(-c2ccc(C(=O)NCc3ncoc3C)cc2)c(C)c1CCC(=O)O. The molecule has 146 valence electrons. The lowest BCUT2D eigenvalue weighted by atomic mass is 10.1. The van der Waals surface area contributed by atoms with Crippen molar-refractivity contribution >= 4 is 11.9 Å². The van der Waals surface area contributed by atoms with Gasteiger partial charge in [-0.25, -0.2) is 9.67 Å². The van der Waals surface area contributed by atoms with Crippen LogP contribution in [0.25, 0.3) is 5.69 Å². The Morgan fingerprint density at radius 1 is 1.18 bits per heavy atom. The topological polar surface area (TPSA) is 110 Å². The first-order valence-electron chi connectivity index (χ1n) is 8.91. The third-order valence-corrected chi connectivity index (χ3v) is 4.66. The predicted octanol–water partition coefficient (Wildman–Crippen LogP) is 2.73. The molecule has 2 heterocycles. The number of nitrogens with zero attached hydrogens (tertiary/aromatic N) is 3. The first kappa shape index (κ1) is 19.3. The third-order valence-electron chi connectivity index (χ3n) is 4.66. The molecular weight excluding hydrogens is 360 g/mol. The van der Waals surface area contributed by atoms with Gasteiger partial charge < -0.3 is 14.8 Å². The van der Waals surface area contributed by atoms with Gasteiger partial charge in [0.15, 0.2) is 6.39 Å². The highest BCUT2D eigenvalue weighted by molar-refractivity contribution is 5.94. The van der Waals surface area contributed by atoms with Crippen molar-refractivity contribution < 1.29 is 19.1 Å². The molecular formula is C20H22N4O4. The Morgan fingerprint density at radius 3 is 2.50 bits per heavy atom. The summed E-state index contributed by atoms with van der Waals surface area (Å²) < 4.78 is 6.89. The molecule has 0 saturated carbocycles. The second-order valence-corrected chi connectivity index (χ2v) is 6.54. The van der Waals surface area contributed by atoms with Gasteiger partial charge in [0.25, 0.3) is 5.91 Å². The number of carbonyl (C=O) groups excluding carboxylic acids is 1. The van der Waals surface area contributed by atoms with E-state index < -0.39 is 5.97 Å². The molecule has 8 nitrogen and oxygen atoms in total. The molecule has 0 unspecified atom stereocenters. The number of oxazole rings is 1. The molecule has 8 heteroatoms. The molecule has 0 aliphatic rings. The number of aliphatic carboxylic acids is 1. The van der Waals surface area contributed by atoms with Crippen LogP contribution in [0.3, 0.4) is 0 Å². The molecule has 1 aromatic carbocycles. The monoisotopic (exact) mass is 382 g/mol. The largest absolute Gasteiger partial charge is 0.481 e. The second kappa shape index (κ2) is 8.08. The van der Waals surface area contributed by atoms with Crippen molar-refractivity contribution in [2.24, 2.45) is 0 Å². The molecule has 0 aliphatic heterocycles. The summed E-state index contributed by atoms with van der Waals surface area (Å²) in [6, 6.07) is 7.09. The number of nitrogens with one attached hydrogen (secondary N) is 1. The van der Waals surface area contributed by atoms with Crippen molar-refractivity contribution in [3.8, 4) is 5.69 Å². The zero-order valence-corrected chi connectivity index (χ0v) is 16.0. The lowest BCUT2D eigenvalue weighted by Crippen LogP contribution is -2.23. The number of carboxylic acid groups (broad SMARTS) is 1. The van der Waals surface area contributed by atoms with Gasteiger partial charge in [0.1, 0.15) is 11.5 Å². The second-order valence-electron chi connectivity index (χ2n) is 6.54. The van der Waals surface area contributed by atoms with Gasteiger partial charge in [-0.05, 0) is 57.0 Å². The minimum atomic E-state index is -0.831. The molecule has 0 radical (unpaired) electrons. The average molecular weight is 382 g/mol. The van der Waals surface area contributed by atoms with E-state index in [2.05, 4.69) is 15.4 Å². The highest BCUT2D eigenvalue weighted by atomic mass is 16.4. The van der Waals surface area contributed by atoms with E-state index in [1.54, 1.807) is 23.7 Å². The van der Waals surface area contributed by atoms with E-state index in [4.69, 9.17) is 9.52 Å². The van der Waals surface area contributed by atoms with Crippen molar-refractivity contribution in [2.75, 3.05) is 0 Å². The zero-order chi connectivity index (χ0) is 20.3. The first-order valence-corrected chi connectivity index (χ1v) is 8.91. The lowest BCUT2D eigenvalue weighted by molar-refractivity contribution is -0.136. The third kappa shape index (κ3) is 4.11. The summed E-state index contributed by atoms with van der Waals surface area (Å²) in [5.41, 5.74) is 4.68. The molecule has 28 heavy (non-hydrogen) atoms. The van der Waals surface area contributed by atoms with Crippen LogP contribution in [0.5, 0.6) is 0 Å². The number of amides is 1. The molecule has 0 saturated heterocycles. The number of aromatic nitrogens is 3. The van der Waals surface area contributed by atoms with Gasteiger partial charge in [0, 0.05) is 17.7 Å². The summed E-state index contributed by atoms with van der Waals surface area (Å²) in [6.07, 6.45) is 1.86. The van der Waals surface area contributed by atoms with Gasteiger partial charge in [-0.1, -0.05) is 0 Å². The summed E-state index contributed by atoms with van der Waals surface area (Å²) in [7, 11) is 0. The molecule has 1 amide bonds. The predicted molar refractivity (Wildman–Crippen MR) is 101 cm³/mol. The van der Waals surface area contributed by atoms with E-state index in [1.165, 1.54) is 6.39 Å². The van der Waals surface area contributed by atoms with Crippen molar-refractivity contribution in [3.05, 3.63) is 64.6 Å². The molecule has 0 aliphatic carbocycles. The zero-order valence-electron chi connectivity index (χ0n) is 16.0. The highest BCUT2D eigenvalue weighted by Crippen LogP contribution is 2.20. The van der Waals surface area contributed by atoms with E-state index >= 15 is 0 Å². The molecule has 3 rings (SSSR count). The van der Waals surface area contributed by atoms with Crippen molar-refractivity contribution in [2.45, 2.75) is 40.2 Å². The van der Waals surface area contributed by atoms with Crippen LogP contribution in [-0.4, -0.2) is 31.7 Å². The van der Waals surface area contributed by atoms with E-state index in [1.807, 2.05) is 26.0 Å². The summed E-state index contributed by atoms with van der Waals surface area (Å²) in [5, 5.41) is 16.2. The van der Waals surface area contributed by atoms with Crippen LogP contribution in [0.4, 0.5) is 0 Å². The van der Waals surface area contributed by atoms with Crippen molar-refractivity contribution in [3.63, 3.8) is 0 Å². The number of aryl methyl sites for hydroxylation is 2. The molecule has 2 aromatic heterocycles. The summed E-state index contributed by atoms with van der Waals surface area (Å²) >= 11 is 0. The van der Waals surface area contributed by atoms with Gasteiger partial charge in [-0.2, -0.15) is 5.10 Å². The van der Waals surface area contributed by atoms with Crippen LogP contribution in [0.2, 0.25) is 0 Å². The molecule has 0 fully saturated rings. The van der Waals surface area contributed by atoms with Crippen LogP contribution < -0.4 is 5.32 Å². The van der Waals surface area contributed by atoms with Gasteiger partial charge in [-0.3, -0.25) is 9.59 Å². The standard InChI is InChI=1S/C20H22N4O4/c1-12-17(8-9-19(25)26)13(2)24(23-12)16-6-4-15(5-7-16)20(27)21-10-18-14(3)28-11-22-18/h4-7,11H,8-10H2,1-3H3,(H,21,27)(H,25,26). The van der Waals surface area contributed by atoms with Gasteiger partial charge >= 0.3 is 5.97 Å². The number of carboxylic acids is 1. The number of hydrogen-bond donors (Lipinski definition) is 2. The molecule has 0 bridgehead atoms. The number of rotatable bonds is 7. The average Bonchev–Trinajstić information content (AvgIpc) is 3.20. The summed E-state index contributed by atoms with van der Waals surface area (Å²) in [4.78, 5) is 27.2. The molecule has 3 aromatic rings. The van der Waals surface area contributed by atoms with E-state index in [9.17, 15) is 9.59 Å². The van der Waals surface area contributed by atoms with Crippen LogP contribution in [0, 0.1) is 20.8 Å². The number of carbonyl (C=O) groups is 2. The van der Waals surface area contributed by atoms with Gasteiger partial charge in [0.2, 0.25) is 0 Å². The fourth-order valence-electron chi connectivity index (χ4n) is 3.04. The normalized spacial score (nSPS) is 10.8. The van der Waals surface area contributed by atoms with Gasteiger partial charge in [-0.15, -0.1) is 0 Å². The minimum Gasteiger partial charge on any atom is -0.481 e. The Balaban J connectivity index is 1.72. The molecule has 0 atom stereocenters. The maximum Gasteiger partial charge on any atom is 0.303 e. The van der Waals surface area contributed by atoms with E-state index in [0.29, 0.717) is 30.0 Å². The number of benzene rings is 1. The van der Waals surface area contributed by atoms with Crippen molar-refractivity contribution in [1.82, 2.24) is 20.1 Å². The first-order chi connectivity index (χ1) is 13.4. The fraction of sp³-hybridized carbons (Fsp3) is 0.300. The summed E-state index contributed by atoms with van der Waals surface area (Å²) in [6.45, 7) is 5.88. The maximum atomic E-state index is 12.3. The quantitative estimate of drug-likeness (QED) is 0.650. The van der Waals surface area contributed by atoms with Gasteiger partial charge in [0.05, 0.1) is 17.9 Å². The minimum absolute atomic E-state index is 0.0669. The van der Waals surface area contributed by atoms with E-state index in [0.717, 1.165) is 22.6 Å². The Bertz CT molecular complexity index is 1000. The van der Waals surface area contributed by atoms with Crippen LogP contribution >= 0.6 is 0 Å². The Labute approximate surface area is 162 Å². The molecule has 2 N–H and O–H groups in total. The Morgan fingerprint density at radius 2 is 1.89 bits per heavy atom. The maximum absolute atomic E-state index is 12.3. The van der Waals surface area contributed by atoms with Crippen LogP contribution in [-0.2, 0) is 17.8 Å². The summed E-state index contributed by atoms with van der Waals surface area (Å²) in [5.74, 6) is -0.355. The fourth-order valence-corrected chi connectivity index (χ4v) is 3.04. The smallest absolute Gasteiger partial charge is 0.303 e. The highest BCUT2D eigenvalue weighted by Gasteiger charge is 2.15. The number of hydrogen-bond acceptors (Lipinski definition) is 5. The van der Waals surface area contributed by atoms with Crippen LogP contribution in [0.15, 0.2) is 35.1 Å². The van der Waals surface area contributed by atoms with E-state index in [-0.39, 0.29) is 12.3 Å². The van der Waals surface area contributed by atoms with Crippen LogP contribution in [0.1, 0.15) is 45.2 Å². The Kier molecular flexibility index (Phi) is 5.58. The van der Waals surface area contributed by atoms with Crippen molar-refractivity contribution in [1.29, 1.82) is 0 Å². The molecule has 0 spiro atoms. The Hall–Kier alpha value is -3.42.